The number of hydrogen-bond acceptors (Lipinski definition) is 12. The molecule has 11 atom stereocenters. The average molecular weight is 1170 g/mol. The lowest BCUT2D eigenvalue weighted by Gasteiger charge is -2.59. The molecule has 12 nitrogen and oxygen atoms in total. The maximum absolute atomic E-state index is 12.9. The van der Waals surface area contributed by atoms with Crippen LogP contribution in [0, 0.1) is 92.7 Å². The van der Waals surface area contributed by atoms with E-state index in [1.165, 1.54) is 38.5 Å². The van der Waals surface area contributed by atoms with Crippen LogP contribution in [0.2, 0.25) is 0 Å². The molecule has 13 rings (SSSR count). The molecule has 12 bridgehead atoms. The number of carbonyl (C=O) groups excluding carboxylic acids is 5. The SMILES string of the molecule is CCC(C)(C)C(=O)OC1(C)C2CC3CC(C2)CC1C3.CCC(C)(C)C(=O)OC12CC3CC(CC(O)(C3)C1)C2.CCC(C)(C)C(=O)OC1C2CC3C(=O)OC1C3C2.CCC(C)(C)C(=O)OC1CC2CC(CC(O)(C(F)(F)F)C(F)(F)F)C1C2. The number of ether oxygens (including phenoxy) is 5. The Morgan fingerprint density at radius 3 is 1.48 bits per heavy atom. The molecule has 0 aromatic heterocycles. The third kappa shape index (κ3) is 12.5. The number of carbonyl (C=O) groups is 5. The predicted octanol–water partition coefficient (Wildman–Crippen LogP) is 13.8. The van der Waals surface area contributed by atoms with E-state index in [0.29, 0.717) is 61.2 Å². The zero-order valence-corrected chi connectivity index (χ0v) is 51.3. The largest absolute Gasteiger partial charge is 0.462 e. The van der Waals surface area contributed by atoms with Crippen molar-refractivity contribution >= 4 is 29.8 Å². The van der Waals surface area contributed by atoms with Crippen LogP contribution < -0.4 is 0 Å². The lowest BCUT2D eigenvalue weighted by atomic mass is 9.50. The molecule has 13 aliphatic rings. The molecular weight excluding hydrogens is 1070 g/mol. The summed E-state index contributed by atoms with van der Waals surface area (Å²) in [5.74, 6) is 2.43. The monoisotopic (exact) mass is 1170 g/mol. The first kappa shape index (κ1) is 64.8. The van der Waals surface area contributed by atoms with Gasteiger partial charge in [-0.3, -0.25) is 24.0 Å². The second-order valence-electron chi connectivity index (χ2n) is 30.9. The third-order valence-corrected chi connectivity index (χ3v) is 23.4. The first-order chi connectivity index (χ1) is 37.7. The van der Waals surface area contributed by atoms with Crippen molar-refractivity contribution in [1.82, 2.24) is 0 Å². The number of halogens is 6. The molecule has 1 aliphatic heterocycles. The van der Waals surface area contributed by atoms with Gasteiger partial charge in [0.1, 0.15) is 29.5 Å². The molecule has 2 N–H and O–H groups in total. The highest BCUT2D eigenvalue weighted by molar-refractivity contribution is 5.79. The molecular formula is C64H98F6O12. The molecule has 13 fully saturated rings. The quantitative estimate of drug-likeness (QED) is 0.0959. The summed E-state index contributed by atoms with van der Waals surface area (Å²) in [5, 5.41) is 20.1. The second-order valence-corrected chi connectivity index (χ2v) is 30.9. The van der Waals surface area contributed by atoms with E-state index in [2.05, 4.69) is 13.8 Å². The van der Waals surface area contributed by atoms with Crippen LogP contribution in [0.15, 0.2) is 0 Å². The summed E-state index contributed by atoms with van der Waals surface area (Å²) in [6, 6.07) is 0. The van der Waals surface area contributed by atoms with Crippen molar-refractivity contribution in [3.63, 3.8) is 0 Å². The van der Waals surface area contributed by atoms with Gasteiger partial charge in [-0.05, 0) is 244 Å². The fraction of sp³-hybridized carbons (Fsp3) is 0.922. The first-order valence-corrected chi connectivity index (χ1v) is 31.3. The van der Waals surface area contributed by atoms with E-state index in [1.807, 2.05) is 55.4 Å². The third-order valence-electron chi connectivity index (χ3n) is 23.4. The maximum atomic E-state index is 12.9. The molecule has 468 valence electrons. The van der Waals surface area contributed by atoms with Crippen molar-refractivity contribution in [2.24, 2.45) is 92.7 Å². The summed E-state index contributed by atoms with van der Waals surface area (Å²) < 4.78 is 106. The molecule has 12 aliphatic carbocycles. The van der Waals surface area contributed by atoms with Crippen molar-refractivity contribution in [1.29, 1.82) is 0 Å². The minimum absolute atomic E-state index is 0.0185. The Bertz CT molecular complexity index is 2320. The first-order valence-electron chi connectivity index (χ1n) is 31.3. The van der Waals surface area contributed by atoms with Gasteiger partial charge in [0.15, 0.2) is 0 Å². The Balaban J connectivity index is 0.000000145. The van der Waals surface area contributed by atoms with Crippen LogP contribution in [0.25, 0.3) is 0 Å². The van der Waals surface area contributed by atoms with Crippen molar-refractivity contribution < 1.29 is 84.2 Å². The van der Waals surface area contributed by atoms with E-state index in [9.17, 15) is 60.5 Å². The fourth-order valence-corrected chi connectivity index (χ4v) is 17.0. The number of rotatable bonds is 14. The Hall–Kier alpha value is -3.15. The number of esters is 5. The Morgan fingerprint density at radius 2 is 1.01 bits per heavy atom. The normalized spacial score (nSPS) is 39.1. The summed E-state index contributed by atoms with van der Waals surface area (Å²) in [4.78, 5) is 60.8. The topological polar surface area (TPSA) is 172 Å². The summed E-state index contributed by atoms with van der Waals surface area (Å²) in [6.07, 6.45) is 3.88. The molecule has 82 heavy (non-hydrogen) atoms. The van der Waals surface area contributed by atoms with Gasteiger partial charge in [-0.25, -0.2) is 0 Å². The molecule has 1 saturated heterocycles. The number of alkyl halides is 6. The van der Waals surface area contributed by atoms with Gasteiger partial charge in [0.2, 0.25) is 0 Å². The van der Waals surface area contributed by atoms with Crippen LogP contribution in [0.4, 0.5) is 26.3 Å². The van der Waals surface area contributed by atoms with Crippen molar-refractivity contribution in [3.8, 4) is 0 Å². The van der Waals surface area contributed by atoms with E-state index >= 15 is 0 Å². The Morgan fingerprint density at radius 1 is 0.561 bits per heavy atom. The lowest BCUT2D eigenvalue weighted by molar-refractivity contribution is -0.373. The van der Waals surface area contributed by atoms with Crippen LogP contribution in [0.3, 0.4) is 0 Å². The van der Waals surface area contributed by atoms with Crippen LogP contribution in [-0.2, 0) is 47.7 Å². The van der Waals surface area contributed by atoms with Crippen LogP contribution in [-0.4, -0.2) is 93.1 Å². The summed E-state index contributed by atoms with van der Waals surface area (Å²) in [6.45, 7) is 25.1. The highest BCUT2D eigenvalue weighted by Gasteiger charge is 2.72. The summed E-state index contributed by atoms with van der Waals surface area (Å²) in [5.41, 5.74) is -7.80. The van der Waals surface area contributed by atoms with Gasteiger partial charge in [-0.15, -0.1) is 0 Å². The van der Waals surface area contributed by atoms with E-state index in [0.717, 1.165) is 69.6 Å². The molecule has 11 unspecified atom stereocenters. The molecule has 0 aromatic rings. The fourth-order valence-electron chi connectivity index (χ4n) is 17.0. The van der Waals surface area contributed by atoms with Gasteiger partial charge < -0.3 is 33.9 Å². The van der Waals surface area contributed by atoms with Gasteiger partial charge in [-0.1, -0.05) is 27.7 Å². The van der Waals surface area contributed by atoms with E-state index in [1.54, 1.807) is 20.8 Å². The molecule has 0 amide bonds. The number of fused-ring (bicyclic) bond motifs is 3. The molecule has 12 saturated carbocycles. The van der Waals surface area contributed by atoms with Gasteiger partial charge in [0.05, 0.1) is 33.2 Å². The lowest BCUT2D eigenvalue weighted by Crippen LogP contribution is -2.61. The number of aliphatic hydroxyl groups is 2. The molecule has 18 heteroatoms. The van der Waals surface area contributed by atoms with Crippen molar-refractivity contribution in [2.75, 3.05) is 0 Å². The van der Waals surface area contributed by atoms with Crippen LogP contribution in [0.5, 0.6) is 0 Å². The average Bonchev–Trinajstić information content (AvgIpc) is 4.39. The van der Waals surface area contributed by atoms with E-state index < -0.39 is 70.1 Å². The van der Waals surface area contributed by atoms with Gasteiger partial charge in [0.25, 0.3) is 5.60 Å². The zero-order chi connectivity index (χ0) is 60.9. The van der Waals surface area contributed by atoms with Gasteiger partial charge in [0, 0.05) is 18.3 Å². The predicted molar refractivity (Wildman–Crippen MR) is 292 cm³/mol. The van der Waals surface area contributed by atoms with Crippen molar-refractivity contribution in [2.45, 2.75) is 278 Å². The smallest absolute Gasteiger partial charge is 0.426 e. The van der Waals surface area contributed by atoms with Crippen LogP contribution in [0.1, 0.15) is 225 Å². The minimum atomic E-state index is -5.82. The second kappa shape index (κ2) is 22.5. The van der Waals surface area contributed by atoms with E-state index in [4.69, 9.17) is 23.7 Å². The summed E-state index contributed by atoms with van der Waals surface area (Å²) in [7, 11) is 0. The van der Waals surface area contributed by atoms with E-state index in [-0.39, 0.29) is 71.0 Å². The van der Waals surface area contributed by atoms with Gasteiger partial charge in [-0.2, -0.15) is 26.3 Å². The number of hydrogen-bond donors (Lipinski definition) is 2. The minimum Gasteiger partial charge on any atom is -0.462 e. The van der Waals surface area contributed by atoms with Crippen LogP contribution >= 0.6 is 0 Å². The molecule has 0 spiro atoms. The highest BCUT2D eigenvalue weighted by Crippen LogP contribution is 2.62. The molecule has 1 heterocycles. The Kier molecular flexibility index (Phi) is 17.8. The van der Waals surface area contributed by atoms with Gasteiger partial charge >= 0.3 is 42.2 Å². The Labute approximate surface area is 483 Å². The highest BCUT2D eigenvalue weighted by atomic mass is 19.4. The standard InChI is InChI=1S/C17H24F6O3.C17H28O2.C16H26O3.C14H20O4/c1-4-14(2,3)13(24)26-12-7-9-5-10(11(12)6-9)8-15(25,16(18,19)20)17(21,22)23;1-5-16(2,3)15(18)19-17(4)13-7-11-6-12(9-13)10-14(17)8-11;1-4-14(2,3)13(17)19-16-8-11-5-12(9-16)7-15(18,6-11)10-16;1-4-14(2,3)13(16)18-10-7-5-8-9(6-7)12(15)17-11(8)10/h9-12,25H,4-8H2,1-3H3;11-14H,5-10H2,1-4H3;11-12,18H,4-10H2,1-3H3;7-11H,4-6H2,1-3H3. The molecule has 0 radical (unpaired) electrons. The van der Waals surface area contributed by atoms with Crippen molar-refractivity contribution in [3.05, 3.63) is 0 Å². The molecule has 0 aromatic carbocycles. The summed E-state index contributed by atoms with van der Waals surface area (Å²) >= 11 is 0. The zero-order valence-electron chi connectivity index (χ0n) is 51.3. The maximum Gasteiger partial charge on any atom is 0.426 e.